The molecule has 5 heteroatoms. The number of ketones is 1. The third-order valence-electron chi connectivity index (χ3n) is 1.04. The third kappa shape index (κ3) is 1.60. The molecule has 0 fully saturated rings. The smallest absolute Gasteiger partial charge is 0.454 e. The van der Waals surface area contributed by atoms with Crippen molar-refractivity contribution in [1.82, 2.24) is 0 Å². The van der Waals surface area contributed by atoms with Crippen LogP contribution < -0.4 is 0 Å². The van der Waals surface area contributed by atoms with E-state index in [0.717, 1.165) is 18.6 Å². The molecule has 1 aromatic rings. The molecule has 0 saturated carbocycles. The molecule has 0 aliphatic carbocycles. The van der Waals surface area contributed by atoms with Crippen LogP contribution in [0.2, 0.25) is 0 Å². The molecule has 1 heterocycles. The number of furan rings is 1. The fourth-order valence-electron chi connectivity index (χ4n) is 0.557. The first-order valence-electron chi connectivity index (χ1n) is 2.65. The van der Waals surface area contributed by atoms with Crippen LogP contribution in [0.15, 0.2) is 23.0 Å². The summed E-state index contributed by atoms with van der Waals surface area (Å²) in [5.74, 6) is -1.88. The van der Waals surface area contributed by atoms with Crippen LogP contribution in [0.5, 0.6) is 0 Å². The maximum atomic E-state index is 11.6. The average molecular weight is 164 g/mol. The largest absolute Gasteiger partial charge is 0.472 e. The molecule has 0 bridgehead atoms. The van der Waals surface area contributed by atoms with Crippen LogP contribution in [0.1, 0.15) is 10.4 Å². The molecular weight excluding hydrogens is 161 g/mol. The number of carbonyl (C=O) groups is 1. The first kappa shape index (κ1) is 7.84. The molecule has 11 heavy (non-hydrogen) atoms. The maximum Gasteiger partial charge on any atom is 0.454 e. The number of hydrogen-bond acceptors (Lipinski definition) is 2. The Morgan fingerprint density at radius 2 is 2.09 bits per heavy atom. The second kappa shape index (κ2) is 2.41. The Labute approximate surface area is 59.6 Å². The predicted molar refractivity (Wildman–Crippen MR) is 29.1 cm³/mol. The molecule has 0 saturated heterocycles. The van der Waals surface area contributed by atoms with E-state index in [-0.39, 0.29) is 0 Å². The minimum Gasteiger partial charge on any atom is -0.472 e. The van der Waals surface area contributed by atoms with Gasteiger partial charge >= 0.3 is 6.18 Å². The molecule has 0 aromatic carbocycles. The summed E-state index contributed by atoms with van der Waals surface area (Å²) < 4.78 is 39.2. The van der Waals surface area contributed by atoms with Gasteiger partial charge < -0.3 is 4.42 Å². The van der Waals surface area contributed by atoms with E-state index in [0.29, 0.717) is 0 Å². The summed E-state index contributed by atoms with van der Waals surface area (Å²) in [6.45, 7) is 0. The van der Waals surface area contributed by atoms with E-state index in [4.69, 9.17) is 0 Å². The Kier molecular flexibility index (Phi) is 1.72. The number of rotatable bonds is 1. The van der Waals surface area contributed by atoms with Crippen molar-refractivity contribution in [1.29, 1.82) is 0 Å². The summed E-state index contributed by atoms with van der Waals surface area (Å²) >= 11 is 0. The highest BCUT2D eigenvalue weighted by atomic mass is 19.4. The molecule has 2 nitrogen and oxygen atoms in total. The van der Waals surface area contributed by atoms with E-state index in [1.165, 1.54) is 0 Å². The second-order valence-electron chi connectivity index (χ2n) is 1.84. The zero-order valence-corrected chi connectivity index (χ0v) is 5.18. The van der Waals surface area contributed by atoms with E-state index in [1.54, 1.807) is 0 Å². The van der Waals surface area contributed by atoms with Crippen LogP contribution in [0.25, 0.3) is 0 Å². The van der Waals surface area contributed by atoms with Gasteiger partial charge in [0.2, 0.25) is 0 Å². The third-order valence-corrected chi connectivity index (χ3v) is 1.04. The number of hydrogen-bond donors (Lipinski definition) is 0. The van der Waals surface area contributed by atoms with Gasteiger partial charge in [-0.15, -0.1) is 0 Å². The Bertz CT molecular complexity index is 247. The molecule has 0 spiro atoms. The van der Waals surface area contributed by atoms with Gasteiger partial charge in [-0.3, -0.25) is 4.79 Å². The van der Waals surface area contributed by atoms with Gasteiger partial charge in [-0.1, -0.05) is 0 Å². The van der Waals surface area contributed by atoms with E-state index in [2.05, 4.69) is 4.42 Å². The van der Waals surface area contributed by atoms with Gasteiger partial charge in [-0.2, -0.15) is 13.2 Å². The molecule has 60 valence electrons. The number of halogens is 3. The highest BCUT2D eigenvalue weighted by Crippen LogP contribution is 2.21. The lowest BCUT2D eigenvalue weighted by molar-refractivity contribution is -0.0885. The van der Waals surface area contributed by atoms with Gasteiger partial charge in [0.05, 0.1) is 11.8 Å². The van der Waals surface area contributed by atoms with Crippen molar-refractivity contribution in [3.05, 3.63) is 24.2 Å². The molecular formula is C6H3F3O2. The summed E-state index contributed by atoms with van der Waals surface area (Å²) in [4.78, 5) is 10.3. The van der Waals surface area contributed by atoms with E-state index >= 15 is 0 Å². The van der Waals surface area contributed by atoms with Gasteiger partial charge in [0.1, 0.15) is 6.26 Å². The Hall–Kier alpha value is -1.26. The number of alkyl halides is 3. The molecule has 0 atom stereocenters. The topological polar surface area (TPSA) is 30.2 Å². The number of carbonyl (C=O) groups excluding carboxylic acids is 1. The van der Waals surface area contributed by atoms with Gasteiger partial charge in [0.25, 0.3) is 5.78 Å². The lowest BCUT2D eigenvalue weighted by Crippen LogP contribution is -2.21. The summed E-state index contributed by atoms with van der Waals surface area (Å²) in [6.07, 6.45) is -3.04. The lowest BCUT2D eigenvalue weighted by Gasteiger charge is -2.00. The van der Waals surface area contributed by atoms with Crippen LogP contribution in [0.4, 0.5) is 13.2 Å². The summed E-state index contributed by atoms with van der Waals surface area (Å²) in [5, 5.41) is 0. The zero-order valence-electron chi connectivity index (χ0n) is 5.18. The van der Waals surface area contributed by atoms with Crippen molar-refractivity contribution >= 4 is 5.78 Å². The SMILES string of the molecule is O=C(c1ccoc1)C(F)(F)F. The van der Waals surface area contributed by atoms with Crippen LogP contribution in [-0.2, 0) is 0 Å². The van der Waals surface area contributed by atoms with Crippen LogP contribution in [0, 0.1) is 0 Å². The van der Waals surface area contributed by atoms with Gasteiger partial charge in [-0.25, -0.2) is 0 Å². The second-order valence-corrected chi connectivity index (χ2v) is 1.84. The highest BCUT2D eigenvalue weighted by Gasteiger charge is 2.39. The van der Waals surface area contributed by atoms with E-state index in [1.807, 2.05) is 0 Å². The molecule has 0 radical (unpaired) electrons. The maximum absolute atomic E-state index is 11.6. The quantitative estimate of drug-likeness (QED) is 0.594. The molecule has 0 unspecified atom stereocenters. The van der Waals surface area contributed by atoms with Gasteiger partial charge in [-0.05, 0) is 6.07 Å². The first-order chi connectivity index (χ1) is 5.02. The van der Waals surface area contributed by atoms with Crippen molar-refractivity contribution in [3.63, 3.8) is 0 Å². The Morgan fingerprint density at radius 3 is 2.45 bits per heavy atom. The summed E-state index contributed by atoms with van der Waals surface area (Å²) in [6, 6.07) is 0.968. The van der Waals surface area contributed by atoms with Crippen LogP contribution in [0.3, 0.4) is 0 Å². The van der Waals surface area contributed by atoms with Crippen molar-refractivity contribution in [2.45, 2.75) is 6.18 Å². The highest BCUT2D eigenvalue weighted by molar-refractivity contribution is 5.99. The van der Waals surface area contributed by atoms with Crippen molar-refractivity contribution in [2.24, 2.45) is 0 Å². The normalized spacial score (nSPS) is 11.5. The minimum absolute atomic E-state index is 0.475. The number of Topliss-reactive ketones (excluding diaryl/α,β-unsaturated/α-hetero) is 1. The molecule has 0 amide bonds. The van der Waals surface area contributed by atoms with Gasteiger partial charge in [0.15, 0.2) is 0 Å². The summed E-state index contributed by atoms with van der Waals surface area (Å²) in [5.41, 5.74) is -0.475. The molecule has 0 aliphatic rings. The Morgan fingerprint density at radius 1 is 1.45 bits per heavy atom. The molecule has 1 rings (SSSR count). The Balaban J connectivity index is 2.88. The first-order valence-corrected chi connectivity index (χ1v) is 2.65. The lowest BCUT2D eigenvalue weighted by atomic mass is 10.2. The molecule has 0 N–H and O–H groups in total. The monoisotopic (exact) mass is 164 g/mol. The fourth-order valence-corrected chi connectivity index (χ4v) is 0.557. The summed E-state index contributed by atoms with van der Waals surface area (Å²) in [7, 11) is 0. The fraction of sp³-hybridized carbons (Fsp3) is 0.167. The molecule has 1 aromatic heterocycles. The van der Waals surface area contributed by atoms with E-state index in [9.17, 15) is 18.0 Å². The van der Waals surface area contributed by atoms with Crippen LogP contribution in [-0.4, -0.2) is 12.0 Å². The standard InChI is InChI=1S/C6H3F3O2/c7-6(8,9)5(10)4-1-2-11-3-4/h1-3H. The van der Waals surface area contributed by atoms with Gasteiger partial charge in [0, 0.05) is 0 Å². The zero-order chi connectivity index (χ0) is 8.48. The average Bonchev–Trinajstić information content (AvgIpc) is 2.34. The van der Waals surface area contributed by atoms with Crippen molar-refractivity contribution in [2.75, 3.05) is 0 Å². The van der Waals surface area contributed by atoms with Crippen molar-refractivity contribution < 1.29 is 22.4 Å². The molecule has 0 aliphatic heterocycles. The van der Waals surface area contributed by atoms with Crippen molar-refractivity contribution in [3.8, 4) is 0 Å². The minimum atomic E-state index is -4.82. The van der Waals surface area contributed by atoms with Crippen LogP contribution >= 0.6 is 0 Å². The van der Waals surface area contributed by atoms with E-state index < -0.39 is 17.5 Å². The predicted octanol–water partition coefficient (Wildman–Crippen LogP) is 2.02.